The zero-order valence-corrected chi connectivity index (χ0v) is 38.5. The van der Waals surface area contributed by atoms with Gasteiger partial charge in [-0.15, -0.1) is 5.11 Å². The summed E-state index contributed by atoms with van der Waals surface area (Å²) >= 11 is 7.15. The van der Waals surface area contributed by atoms with E-state index in [4.69, 9.17) is 11.6 Å². The first-order valence-electron chi connectivity index (χ1n) is 17.6. The van der Waals surface area contributed by atoms with Crippen LogP contribution in [0.5, 0.6) is 11.5 Å². The maximum Gasteiger partial charge on any atom is 0.177 e. The molecule has 6 aromatic carbocycles. The van der Waals surface area contributed by atoms with Crippen LogP contribution in [0.15, 0.2) is 137 Å². The first-order chi connectivity index (χ1) is 29.5. The van der Waals surface area contributed by atoms with Crippen molar-refractivity contribution in [3.63, 3.8) is 0 Å². The molecule has 1 aromatic heterocycles. The fourth-order valence-corrected chi connectivity index (χ4v) is 10.0. The monoisotopic (exact) mass is 1030 g/mol. The average molecular weight is 1030 g/mol. The van der Waals surface area contributed by atoms with Crippen molar-refractivity contribution in [2.75, 3.05) is 29.4 Å². The van der Waals surface area contributed by atoms with E-state index in [1.807, 2.05) is 0 Å². The minimum atomic E-state index is -4.11. The van der Waals surface area contributed by atoms with E-state index in [-0.39, 0.29) is 54.6 Å². The number of phenolic OH excluding ortho intramolecular Hbond substituents is 2. The second-order valence-electron chi connectivity index (χ2n) is 13.6. The first-order valence-corrected chi connectivity index (χ1v) is 27.5. The van der Waals surface area contributed by atoms with Gasteiger partial charge in [-0.1, -0.05) is 18.2 Å². The van der Waals surface area contributed by atoms with E-state index in [0.29, 0.717) is 11.4 Å². The number of sulfone groups is 3. The van der Waals surface area contributed by atoms with Gasteiger partial charge in [0.1, 0.15) is 5.69 Å². The number of phenols is 2. The van der Waals surface area contributed by atoms with Crippen molar-refractivity contribution in [1.29, 1.82) is 0 Å². The fraction of sp³-hybridized carbons (Fsp3) is 0.0789. The largest absolute Gasteiger partial charge is 0.505 e. The fourth-order valence-electron chi connectivity index (χ4n) is 6.12. The van der Waals surface area contributed by atoms with Crippen molar-refractivity contribution in [3.05, 3.63) is 102 Å². The van der Waals surface area contributed by atoms with Crippen LogP contribution in [-0.2, 0) is 55.6 Å². The third-order valence-corrected chi connectivity index (χ3v) is 14.6. The molecule has 0 saturated heterocycles. The Balaban J connectivity index is 1.40. The summed E-state index contributed by atoms with van der Waals surface area (Å²) in [7, 11) is -16.2. The summed E-state index contributed by atoms with van der Waals surface area (Å²) in [4.78, 5) is 11.0. The number of hydrogen-bond donors (Lipinski definition) is 4. The molecule has 7 aromatic rings. The molecule has 0 bridgehead atoms. The number of nitrogens with zero attached hydrogens (tertiary/aromatic N) is 7. The number of nitrogens with one attached hydrogen (secondary N) is 2. The van der Waals surface area contributed by atoms with Crippen LogP contribution in [0.3, 0.4) is 0 Å². The van der Waals surface area contributed by atoms with Crippen LogP contribution in [-0.4, -0.2) is 77.6 Å². The van der Waals surface area contributed by atoms with Gasteiger partial charge in [-0.05, 0) is 35.7 Å². The van der Waals surface area contributed by atoms with Crippen LogP contribution >= 0.6 is 11.6 Å². The molecular formula is C38H29ClMoN9O10S4. The summed E-state index contributed by atoms with van der Waals surface area (Å²) in [6, 6.07) is 23.3. The topological polar surface area (TPSA) is 289 Å². The molecule has 63 heavy (non-hydrogen) atoms. The minimum absolute atomic E-state index is 0.0505. The third-order valence-electron chi connectivity index (χ3n) is 8.92. The molecule has 0 aliphatic heterocycles. The zero-order chi connectivity index (χ0) is 45.6. The predicted molar refractivity (Wildman–Crippen MR) is 230 cm³/mol. The van der Waals surface area contributed by atoms with E-state index in [9.17, 15) is 43.9 Å². The Bertz CT molecular complexity index is 3320. The van der Waals surface area contributed by atoms with Crippen molar-refractivity contribution in [2.45, 2.75) is 19.6 Å². The van der Waals surface area contributed by atoms with Gasteiger partial charge in [0.25, 0.3) is 0 Å². The number of aromatic hydroxyl groups is 2. The smallest absolute Gasteiger partial charge is 0.177 e. The average Bonchev–Trinajstić information content (AvgIpc) is 3.18. The Labute approximate surface area is 374 Å². The van der Waals surface area contributed by atoms with Gasteiger partial charge < -0.3 is 5.11 Å². The predicted octanol–water partition coefficient (Wildman–Crippen LogP) is 8.01. The van der Waals surface area contributed by atoms with Crippen molar-refractivity contribution in [3.8, 4) is 11.5 Å². The molecule has 0 spiro atoms. The van der Waals surface area contributed by atoms with Crippen molar-refractivity contribution in [1.82, 2.24) is 15.0 Å². The molecule has 19 nitrogen and oxygen atoms in total. The number of rotatable bonds is 12. The van der Waals surface area contributed by atoms with Gasteiger partial charge in [-0.2, -0.15) is 5.11 Å². The first kappa shape index (κ1) is 45.1. The summed E-state index contributed by atoms with van der Waals surface area (Å²) in [6.07, 6.45) is 2.71. The molecule has 0 aliphatic carbocycles. The van der Waals surface area contributed by atoms with Gasteiger partial charge in [-0.25, -0.2) is 16.8 Å². The normalized spacial score (nSPS) is 12.7. The Morgan fingerprint density at radius 2 is 0.937 bits per heavy atom. The standard InChI is InChI=1S/C38H29ClN9O10S4.Mo/c1-60(53,54)24-14-20-16-28(59(51)52)32(47-45-22-10-6-4-7-11-22)34(49)30(20)26(18-24)40-37-42-36(39)43-38(44-37)41-27-19-25(61(2,55)56)15-21-17-29(62(3,57)58)33(35(50)31(21)27)48-46-23-12-8-5-9-13-23;/h4-19,49-50H,1-3H3,(H2,40,41,42,43,44);/b47-45+,48-46+;. The summed E-state index contributed by atoms with van der Waals surface area (Å²) in [6.45, 7) is 0. The number of benzene rings is 6. The molecule has 0 fully saturated rings. The van der Waals surface area contributed by atoms with Crippen LogP contribution in [0.1, 0.15) is 0 Å². The van der Waals surface area contributed by atoms with Gasteiger partial charge in [0.05, 0.1) is 15.5 Å². The molecule has 25 heteroatoms. The van der Waals surface area contributed by atoms with Gasteiger partial charge in [0.15, 0.2) is 25.4 Å². The van der Waals surface area contributed by atoms with E-state index in [1.54, 1.807) is 60.7 Å². The number of fused-ring (bicyclic) bond motifs is 2. The molecule has 0 saturated carbocycles. The summed E-state index contributed by atoms with van der Waals surface area (Å²) < 4.78 is 104. The van der Waals surface area contributed by atoms with Crippen LogP contribution < -0.4 is 10.6 Å². The van der Waals surface area contributed by atoms with E-state index in [0.717, 1.165) is 73.7 Å². The van der Waals surface area contributed by atoms with Gasteiger partial charge in [0.2, 0.25) is 0 Å². The Morgan fingerprint density at radius 3 is 1.32 bits per heavy atom. The van der Waals surface area contributed by atoms with Gasteiger partial charge >= 0.3 is 226 Å². The molecule has 0 unspecified atom stereocenters. The molecular weight excluding hydrogens is 1000 g/mol. The second kappa shape index (κ2) is 17.0. The third kappa shape index (κ3) is 9.98. The van der Waals surface area contributed by atoms with Crippen LogP contribution in [0.4, 0.5) is 46.0 Å². The van der Waals surface area contributed by atoms with Crippen LogP contribution in [0.25, 0.3) is 21.5 Å². The quantitative estimate of drug-likeness (QED) is 0.0666. The molecule has 0 atom stereocenters. The van der Waals surface area contributed by atoms with E-state index < -0.39 is 75.0 Å². The van der Waals surface area contributed by atoms with Gasteiger partial charge in [0, 0.05) is 17.9 Å². The number of hydrogen-bond acceptors (Lipinski definition) is 19. The number of azo groups is 2. The zero-order valence-electron chi connectivity index (χ0n) is 32.4. The number of anilines is 4. The minimum Gasteiger partial charge on any atom is -0.505 e. The molecule has 323 valence electrons. The van der Waals surface area contributed by atoms with Crippen molar-refractivity contribution >= 4 is 116 Å². The van der Waals surface area contributed by atoms with Crippen LogP contribution in [0.2, 0.25) is 5.28 Å². The Kier molecular flexibility index (Phi) is 12.1. The molecule has 1 heterocycles. The summed E-state index contributed by atoms with van der Waals surface area (Å²) in [5.74, 6) is -2.17. The van der Waals surface area contributed by atoms with Gasteiger partial charge in [-0.3, -0.25) is 0 Å². The number of aromatic nitrogens is 3. The van der Waals surface area contributed by atoms with E-state index in [2.05, 4.69) is 46.0 Å². The second-order valence-corrected chi connectivity index (χ2v) is 24.6. The summed E-state index contributed by atoms with van der Waals surface area (Å²) in [5, 5.41) is 44.5. The molecule has 0 radical (unpaired) electrons. The molecule has 4 N–H and O–H groups in total. The van der Waals surface area contributed by atoms with Crippen molar-refractivity contribution in [2.24, 2.45) is 20.5 Å². The summed E-state index contributed by atoms with van der Waals surface area (Å²) in [5.41, 5.74) is -0.594. The Morgan fingerprint density at radius 1 is 0.540 bits per heavy atom. The molecule has 0 aliphatic rings. The molecule has 7 rings (SSSR count). The Hall–Kier alpha value is -5.97. The maximum atomic E-state index is 13.0. The van der Waals surface area contributed by atoms with E-state index in [1.165, 1.54) is 0 Å². The number of halogens is 1. The van der Waals surface area contributed by atoms with E-state index >= 15 is 0 Å². The molecule has 0 amide bonds. The van der Waals surface area contributed by atoms with Crippen LogP contribution in [0, 0.1) is 0 Å². The SMILES string of the molecule is CS(=O)(=O)c1cc(Nc2nc(Cl)nc(Nc3cc(S(C)(=O)=O)cc4cc([S](=O)(=O)[Mo])c(/N=N/c5ccccc5)c(O)c34)n2)c2c(O)c(/N=N/c3ccccc3)c(S(C)(=O)=O)cc2c1. The maximum absolute atomic E-state index is 13.0. The van der Waals surface area contributed by atoms with Crippen molar-refractivity contribution < 1.29 is 62.4 Å².